The van der Waals surface area contributed by atoms with Gasteiger partial charge in [-0.2, -0.15) is 0 Å². The molecule has 0 saturated carbocycles. The fraction of sp³-hybridized carbons (Fsp3) is 0.625. The molecule has 1 rings (SSSR count). The van der Waals surface area contributed by atoms with E-state index in [1.807, 2.05) is 0 Å². The monoisotopic (exact) mass is 249 g/mol. The molecule has 0 bridgehead atoms. The van der Waals surface area contributed by atoms with E-state index in [1.165, 1.54) is 11.1 Å². The molecule has 0 fully saturated rings. The van der Waals surface area contributed by atoms with Crippen molar-refractivity contribution in [2.75, 3.05) is 6.61 Å². The quantitative estimate of drug-likeness (QED) is 0.796. The van der Waals surface area contributed by atoms with Gasteiger partial charge < -0.3 is 10.5 Å². The zero-order valence-corrected chi connectivity index (χ0v) is 12.2. The van der Waals surface area contributed by atoms with Gasteiger partial charge in [-0.25, -0.2) is 0 Å². The molecule has 2 heteroatoms. The summed E-state index contributed by atoms with van der Waals surface area (Å²) in [5.41, 5.74) is 8.63. The van der Waals surface area contributed by atoms with E-state index < -0.39 is 0 Å². The second-order valence-electron chi connectivity index (χ2n) is 5.25. The van der Waals surface area contributed by atoms with Crippen molar-refractivity contribution in [2.45, 2.75) is 58.9 Å². The van der Waals surface area contributed by atoms with Gasteiger partial charge in [-0.3, -0.25) is 0 Å². The van der Waals surface area contributed by atoms with Gasteiger partial charge in [0, 0.05) is 6.04 Å². The molecular formula is C16H27NO. The van der Waals surface area contributed by atoms with Crippen LogP contribution in [0, 0.1) is 0 Å². The molecule has 2 N–H and O–H groups in total. The van der Waals surface area contributed by atoms with E-state index in [2.05, 4.69) is 45.9 Å². The van der Waals surface area contributed by atoms with Crippen molar-refractivity contribution >= 4 is 0 Å². The maximum atomic E-state index is 6.02. The van der Waals surface area contributed by atoms with Crippen LogP contribution in [0.4, 0.5) is 0 Å². The highest BCUT2D eigenvalue weighted by Gasteiger charge is 2.10. The Labute approximate surface area is 112 Å². The number of ether oxygens (including phenoxy) is 1. The first-order chi connectivity index (χ1) is 8.58. The molecule has 1 aromatic rings. The molecule has 1 aromatic carbocycles. The topological polar surface area (TPSA) is 35.2 Å². The predicted octanol–water partition coefficient (Wildman–Crippen LogP) is 3.88. The Morgan fingerprint density at radius 1 is 1.22 bits per heavy atom. The summed E-state index contributed by atoms with van der Waals surface area (Å²) in [4.78, 5) is 0. The summed E-state index contributed by atoms with van der Waals surface area (Å²) in [5.74, 6) is 1.51. The van der Waals surface area contributed by atoms with Crippen molar-refractivity contribution in [3.05, 3.63) is 29.3 Å². The van der Waals surface area contributed by atoms with Crippen LogP contribution in [0.1, 0.15) is 57.6 Å². The van der Waals surface area contributed by atoms with Crippen molar-refractivity contribution in [2.24, 2.45) is 5.73 Å². The molecular weight excluding hydrogens is 222 g/mol. The molecule has 18 heavy (non-hydrogen) atoms. The summed E-state index contributed by atoms with van der Waals surface area (Å²) >= 11 is 0. The van der Waals surface area contributed by atoms with Gasteiger partial charge in [0.05, 0.1) is 6.61 Å². The summed E-state index contributed by atoms with van der Waals surface area (Å²) in [6.07, 6.45) is 3.01. The smallest absolute Gasteiger partial charge is 0.122 e. The van der Waals surface area contributed by atoms with E-state index in [0.29, 0.717) is 5.92 Å². The average Bonchev–Trinajstić information content (AvgIpc) is 2.36. The Hall–Kier alpha value is -1.02. The summed E-state index contributed by atoms with van der Waals surface area (Å²) in [5, 5.41) is 0. The Morgan fingerprint density at radius 2 is 1.94 bits per heavy atom. The van der Waals surface area contributed by atoms with Crippen LogP contribution in [-0.2, 0) is 6.42 Å². The normalized spacial score (nSPS) is 12.8. The first-order valence-corrected chi connectivity index (χ1v) is 7.09. The molecule has 0 saturated heterocycles. The van der Waals surface area contributed by atoms with E-state index in [0.717, 1.165) is 31.6 Å². The largest absolute Gasteiger partial charge is 0.493 e. The molecule has 0 radical (unpaired) electrons. The summed E-state index contributed by atoms with van der Waals surface area (Å²) in [6.45, 7) is 9.46. The van der Waals surface area contributed by atoms with E-state index in [9.17, 15) is 0 Å². The highest BCUT2D eigenvalue weighted by molar-refractivity contribution is 5.39. The highest BCUT2D eigenvalue weighted by Crippen LogP contribution is 2.28. The SMILES string of the molecule is CCCOc1ccc(CC(N)CC)cc1C(C)C. The van der Waals surface area contributed by atoms with Crippen molar-refractivity contribution in [3.8, 4) is 5.75 Å². The van der Waals surface area contributed by atoms with E-state index in [4.69, 9.17) is 10.5 Å². The molecule has 0 spiro atoms. The minimum Gasteiger partial charge on any atom is -0.493 e. The van der Waals surface area contributed by atoms with Gasteiger partial charge in [0.1, 0.15) is 5.75 Å². The van der Waals surface area contributed by atoms with Gasteiger partial charge in [0.15, 0.2) is 0 Å². The van der Waals surface area contributed by atoms with Crippen molar-refractivity contribution in [1.82, 2.24) is 0 Å². The Morgan fingerprint density at radius 3 is 2.50 bits per heavy atom. The Balaban J connectivity index is 2.88. The molecule has 0 aliphatic heterocycles. The molecule has 0 aromatic heterocycles. The lowest BCUT2D eigenvalue weighted by molar-refractivity contribution is 0.313. The summed E-state index contributed by atoms with van der Waals surface area (Å²) in [7, 11) is 0. The van der Waals surface area contributed by atoms with Crippen LogP contribution in [0.15, 0.2) is 18.2 Å². The number of hydrogen-bond donors (Lipinski definition) is 1. The third-order valence-corrected chi connectivity index (χ3v) is 3.18. The lowest BCUT2D eigenvalue weighted by Crippen LogP contribution is -2.21. The number of hydrogen-bond acceptors (Lipinski definition) is 2. The molecule has 1 atom stereocenters. The third-order valence-electron chi connectivity index (χ3n) is 3.18. The van der Waals surface area contributed by atoms with Gasteiger partial charge in [-0.05, 0) is 42.4 Å². The van der Waals surface area contributed by atoms with Crippen LogP contribution in [0.25, 0.3) is 0 Å². The first-order valence-electron chi connectivity index (χ1n) is 7.09. The average molecular weight is 249 g/mol. The van der Waals surface area contributed by atoms with E-state index >= 15 is 0 Å². The molecule has 0 aliphatic carbocycles. The van der Waals surface area contributed by atoms with Crippen molar-refractivity contribution in [1.29, 1.82) is 0 Å². The third kappa shape index (κ3) is 4.34. The highest BCUT2D eigenvalue weighted by atomic mass is 16.5. The Bertz CT molecular complexity index is 360. The van der Waals surface area contributed by atoms with Crippen LogP contribution in [0.2, 0.25) is 0 Å². The van der Waals surface area contributed by atoms with E-state index in [1.54, 1.807) is 0 Å². The van der Waals surface area contributed by atoms with E-state index in [-0.39, 0.29) is 6.04 Å². The van der Waals surface area contributed by atoms with Gasteiger partial charge in [0.2, 0.25) is 0 Å². The van der Waals surface area contributed by atoms with Crippen LogP contribution < -0.4 is 10.5 Å². The van der Waals surface area contributed by atoms with Gasteiger partial charge in [-0.15, -0.1) is 0 Å². The molecule has 0 heterocycles. The number of benzene rings is 1. The first kappa shape index (κ1) is 15.0. The van der Waals surface area contributed by atoms with Gasteiger partial charge in [0.25, 0.3) is 0 Å². The molecule has 0 aliphatic rings. The van der Waals surface area contributed by atoms with Crippen LogP contribution >= 0.6 is 0 Å². The van der Waals surface area contributed by atoms with Crippen LogP contribution in [0.5, 0.6) is 5.75 Å². The fourth-order valence-corrected chi connectivity index (χ4v) is 1.97. The predicted molar refractivity (Wildman–Crippen MR) is 78.3 cm³/mol. The molecule has 1 unspecified atom stereocenters. The molecule has 2 nitrogen and oxygen atoms in total. The van der Waals surface area contributed by atoms with Crippen molar-refractivity contribution < 1.29 is 4.74 Å². The number of nitrogens with two attached hydrogens (primary N) is 1. The maximum Gasteiger partial charge on any atom is 0.122 e. The minimum absolute atomic E-state index is 0.257. The van der Waals surface area contributed by atoms with Crippen molar-refractivity contribution in [3.63, 3.8) is 0 Å². The fourth-order valence-electron chi connectivity index (χ4n) is 1.97. The maximum absolute atomic E-state index is 6.02. The second-order valence-corrected chi connectivity index (χ2v) is 5.25. The lowest BCUT2D eigenvalue weighted by atomic mass is 9.96. The summed E-state index contributed by atoms with van der Waals surface area (Å²) < 4.78 is 5.80. The minimum atomic E-state index is 0.257. The second kappa shape index (κ2) is 7.42. The lowest BCUT2D eigenvalue weighted by Gasteiger charge is -2.16. The van der Waals surface area contributed by atoms with Crippen LogP contribution in [-0.4, -0.2) is 12.6 Å². The Kier molecular flexibility index (Phi) is 6.20. The standard InChI is InChI=1S/C16H27NO/c1-5-9-18-16-8-7-13(10-14(17)6-2)11-15(16)12(3)4/h7-8,11-12,14H,5-6,9-10,17H2,1-4H3. The molecule has 102 valence electrons. The zero-order chi connectivity index (χ0) is 13.5. The van der Waals surface area contributed by atoms with Gasteiger partial charge in [-0.1, -0.05) is 39.8 Å². The summed E-state index contributed by atoms with van der Waals surface area (Å²) in [6, 6.07) is 6.76. The molecule has 0 amide bonds. The van der Waals surface area contributed by atoms with Gasteiger partial charge >= 0.3 is 0 Å². The number of rotatable bonds is 7. The zero-order valence-electron chi connectivity index (χ0n) is 12.2. The van der Waals surface area contributed by atoms with Crippen LogP contribution in [0.3, 0.4) is 0 Å².